The van der Waals surface area contributed by atoms with E-state index in [1.807, 2.05) is 13.7 Å². The lowest BCUT2D eigenvalue weighted by atomic mass is 9.47. The van der Waals surface area contributed by atoms with Gasteiger partial charge in [0.25, 0.3) is 0 Å². The standard InChI is InChI=1S/C29H48O2.CH2O/c1-6-27(30)31-23-15-17-29(5)22(19-23)11-13-24-25-14-12-21(10-8-7-9-20(2)3)28(25,4)18-16-26(24)29;1-2/h11,20-21,23-26H,6-10,12-19H2,1-5H3;1H2/t21?,23-,24?,25?,26?,28?,29?;/m0./s1. The van der Waals surface area contributed by atoms with E-state index >= 15 is 0 Å². The van der Waals surface area contributed by atoms with Crippen LogP contribution in [0, 0.1) is 40.4 Å². The van der Waals surface area contributed by atoms with Gasteiger partial charge in [-0.3, -0.25) is 4.79 Å². The molecule has 0 spiro atoms. The summed E-state index contributed by atoms with van der Waals surface area (Å²) in [6.45, 7) is 13.9. The fourth-order valence-electron chi connectivity index (χ4n) is 8.52. The van der Waals surface area contributed by atoms with Crippen molar-refractivity contribution in [1.29, 1.82) is 0 Å². The van der Waals surface area contributed by atoms with E-state index in [9.17, 15) is 4.79 Å². The van der Waals surface area contributed by atoms with Crippen LogP contribution in [0.2, 0.25) is 0 Å². The first-order valence-electron chi connectivity index (χ1n) is 14.0. The zero-order valence-electron chi connectivity index (χ0n) is 22.2. The fraction of sp³-hybridized carbons (Fsp3) is 0.867. The van der Waals surface area contributed by atoms with Crippen molar-refractivity contribution in [2.24, 2.45) is 40.4 Å². The number of fused-ring (bicyclic) bond motifs is 5. The van der Waals surface area contributed by atoms with Crippen LogP contribution >= 0.6 is 0 Å². The van der Waals surface area contributed by atoms with Crippen molar-refractivity contribution in [2.75, 3.05) is 0 Å². The van der Waals surface area contributed by atoms with Gasteiger partial charge in [-0.1, -0.05) is 65.5 Å². The smallest absolute Gasteiger partial charge is 0.305 e. The molecule has 4 aliphatic carbocycles. The number of ether oxygens (including phenoxy) is 1. The molecule has 0 heterocycles. The van der Waals surface area contributed by atoms with Crippen LogP contribution in [0.25, 0.3) is 0 Å². The van der Waals surface area contributed by atoms with Crippen LogP contribution in [-0.2, 0) is 14.3 Å². The molecule has 3 heteroatoms. The van der Waals surface area contributed by atoms with Crippen LogP contribution in [0.3, 0.4) is 0 Å². The maximum atomic E-state index is 11.8. The van der Waals surface area contributed by atoms with Gasteiger partial charge in [-0.05, 0) is 91.8 Å². The summed E-state index contributed by atoms with van der Waals surface area (Å²) in [6.07, 6.45) is 19.3. The summed E-state index contributed by atoms with van der Waals surface area (Å²) >= 11 is 0. The Kier molecular flexibility index (Phi) is 8.89. The Morgan fingerprint density at radius 3 is 2.55 bits per heavy atom. The van der Waals surface area contributed by atoms with E-state index in [-0.39, 0.29) is 12.1 Å². The molecule has 0 aromatic heterocycles. The summed E-state index contributed by atoms with van der Waals surface area (Å²) in [4.78, 5) is 19.8. The SMILES string of the molecule is C=O.CCC(=O)O[C@H]1CCC2(C)C(=CCC3C2CCC2(C)C(CCCCC(C)C)CCC32)C1. The highest BCUT2D eigenvalue weighted by Gasteiger charge is 2.58. The number of unbranched alkanes of at least 4 members (excludes halogenated alkanes) is 1. The number of carbonyl (C=O) groups is 2. The lowest BCUT2D eigenvalue weighted by Gasteiger charge is -2.58. The van der Waals surface area contributed by atoms with Gasteiger partial charge in [-0.25, -0.2) is 0 Å². The molecular formula is C30H50O3. The number of rotatable bonds is 7. The minimum Gasteiger partial charge on any atom is -0.462 e. The van der Waals surface area contributed by atoms with Crippen molar-refractivity contribution in [3.05, 3.63) is 11.6 Å². The molecule has 3 fully saturated rings. The highest BCUT2D eigenvalue weighted by atomic mass is 16.5. The molecule has 4 aliphatic rings. The normalized spacial score (nSPS) is 39.5. The van der Waals surface area contributed by atoms with Gasteiger partial charge in [0.05, 0.1) is 0 Å². The first-order chi connectivity index (χ1) is 15.8. The Hall–Kier alpha value is -1.12. The first-order valence-corrected chi connectivity index (χ1v) is 14.0. The van der Waals surface area contributed by atoms with Gasteiger partial charge in [-0.15, -0.1) is 0 Å². The molecule has 6 unspecified atom stereocenters. The predicted octanol–water partition coefficient (Wildman–Crippen LogP) is 7.92. The zero-order chi connectivity index (χ0) is 24.2. The Labute approximate surface area is 203 Å². The zero-order valence-corrected chi connectivity index (χ0v) is 22.2. The van der Waals surface area contributed by atoms with Gasteiger partial charge in [0.1, 0.15) is 12.9 Å². The number of hydrogen-bond acceptors (Lipinski definition) is 3. The van der Waals surface area contributed by atoms with E-state index in [2.05, 4.69) is 33.8 Å². The van der Waals surface area contributed by atoms with Crippen LogP contribution in [0.1, 0.15) is 118 Å². The second kappa shape index (κ2) is 11.1. The average Bonchev–Trinajstić information content (AvgIpc) is 3.14. The molecule has 3 nitrogen and oxygen atoms in total. The summed E-state index contributed by atoms with van der Waals surface area (Å²) in [5.74, 6) is 4.48. The molecule has 188 valence electrons. The van der Waals surface area contributed by atoms with Gasteiger partial charge in [-0.2, -0.15) is 0 Å². The van der Waals surface area contributed by atoms with Crippen LogP contribution in [0.5, 0.6) is 0 Å². The summed E-state index contributed by atoms with van der Waals surface area (Å²) in [5, 5.41) is 0. The summed E-state index contributed by atoms with van der Waals surface area (Å²) < 4.78 is 5.75. The Bertz CT molecular complexity index is 697. The van der Waals surface area contributed by atoms with Crippen molar-refractivity contribution in [1.82, 2.24) is 0 Å². The summed E-state index contributed by atoms with van der Waals surface area (Å²) in [5.41, 5.74) is 2.57. The number of carbonyl (C=O) groups excluding carboxylic acids is 2. The van der Waals surface area contributed by atoms with Gasteiger partial charge in [0, 0.05) is 12.8 Å². The van der Waals surface area contributed by atoms with E-state index in [4.69, 9.17) is 9.53 Å². The molecule has 0 radical (unpaired) electrons. The maximum absolute atomic E-state index is 11.8. The Morgan fingerprint density at radius 2 is 1.85 bits per heavy atom. The molecule has 0 saturated heterocycles. The molecular weight excluding hydrogens is 408 g/mol. The highest BCUT2D eigenvalue weighted by Crippen LogP contribution is 2.66. The number of hydrogen-bond donors (Lipinski definition) is 0. The topological polar surface area (TPSA) is 43.4 Å². The molecule has 0 bridgehead atoms. The summed E-state index contributed by atoms with van der Waals surface area (Å²) in [6, 6.07) is 0. The van der Waals surface area contributed by atoms with Crippen LogP contribution in [0.15, 0.2) is 11.6 Å². The second-order valence-electron chi connectivity index (χ2n) is 12.5. The van der Waals surface area contributed by atoms with Gasteiger partial charge in [0.2, 0.25) is 0 Å². The minimum absolute atomic E-state index is 0.0262. The van der Waals surface area contributed by atoms with Gasteiger partial charge < -0.3 is 9.53 Å². The molecule has 0 N–H and O–H groups in total. The fourth-order valence-corrected chi connectivity index (χ4v) is 8.52. The minimum atomic E-state index is -0.0262. The van der Waals surface area contributed by atoms with E-state index in [1.165, 1.54) is 64.2 Å². The molecule has 0 aromatic rings. The van der Waals surface area contributed by atoms with Crippen LogP contribution in [-0.4, -0.2) is 18.9 Å². The van der Waals surface area contributed by atoms with Crippen LogP contribution in [0.4, 0.5) is 0 Å². The van der Waals surface area contributed by atoms with Gasteiger partial charge >= 0.3 is 5.97 Å². The number of esters is 1. The van der Waals surface area contributed by atoms with Crippen molar-refractivity contribution >= 4 is 12.8 Å². The Balaban J connectivity index is 0.00000149. The van der Waals surface area contributed by atoms with Crippen molar-refractivity contribution in [3.8, 4) is 0 Å². The van der Waals surface area contributed by atoms with Gasteiger partial charge in [0.15, 0.2) is 0 Å². The molecule has 33 heavy (non-hydrogen) atoms. The van der Waals surface area contributed by atoms with Crippen molar-refractivity contribution in [2.45, 2.75) is 124 Å². The first kappa shape index (κ1) is 26.5. The molecule has 0 aliphatic heterocycles. The largest absolute Gasteiger partial charge is 0.462 e. The molecule has 0 aromatic carbocycles. The van der Waals surface area contributed by atoms with E-state index < -0.39 is 0 Å². The van der Waals surface area contributed by atoms with Crippen molar-refractivity contribution in [3.63, 3.8) is 0 Å². The second-order valence-corrected chi connectivity index (χ2v) is 12.5. The van der Waals surface area contributed by atoms with Crippen molar-refractivity contribution < 1.29 is 14.3 Å². The van der Waals surface area contributed by atoms with E-state index in [0.29, 0.717) is 17.3 Å². The maximum Gasteiger partial charge on any atom is 0.305 e. The quantitative estimate of drug-likeness (QED) is 0.221. The third kappa shape index (κ3) is 5.27. The Morgan fingerprint density at radius 1 is 1.09 bits per heavy atom. The third-order valence-electron chi connectivity index (χ3n) is 10.4. The summed E-state index contributed by atoms with van der Waals surface area (Å²) in [7, 11) is 0. The molecule has 7 atom stereocenters. The third-order valence-corrected chi connectivity index (χ3v) is 10.4. The highest BCUT2D eigenvalue weighted by molar-refractivity contribution is 5.69. The molecule has 4 rings (SSSR count). The lowest BCUT2D eigenvalue weighted by Crippen LogP contribution is -2.50. The van der Waals surface area contributed by atoms with E-state index in [0.717, 1.165) is 42.4 Å². The van der Waals surface area contributed by atoms with E-state index in [1.54, 1.807) is 5.57 Å². The molecule has 3 saturated carbocycles. The average molecular weight is 459 g/mol. The predicted molar refractivity (Wildman–Crippen MR) is 136 cm³/mol. The monoisotopic (exact) mass is 458 g/mol. The molecule has 0 amide bonds. The number of allylic oxidation sites excluding steroid dienone is 1. The van der Waals surface area contributed by atoms with Crippen LogP contribution < -0.4 is 0 Å². The lowest BCUT2D eigenvalue weighted by molar-refractivity contribution is -0.151.